The third-order valence-electron chi connectivity index (χ3n) is 4.78. The first kappa shape index (κ1) is 21.5. The van der Waals surface area contributed by atoms with Gasteiger partial charge in [0.25, 0.3) is 0 Å². The molecule has 1 N–H and O–H groups in total. The van der Waals surface area contributed by atoms with Crippen LogP contribution in [0.2, 0.25) is 5.02 Å². The van der Waals surface area contributed by atoms with Crippen molar-refractivity contribution in [2.75, 3.05) is 26.2 Å². The van der Waals surface area contributed by atoms with Gasteiger partial charge in [0, 0.05) is 43.3 Å². The van der Waals surface area contributed by atoms with Crippen LogP contribution in [-0.2, 0) is 12.7 Å². The standard InChI is InChI=1S/C21H19ClF3N5O/c22-16-4-6-17(7-5-16)31-20-18(13-30-10-8-26-9-11-30)28-29-19(27-20)14-2-1-3-15(12-14)21(23,24)25/h1-7,12,26H,8-11,13H2. The van der Waals surface area contributed by atoms with Gasteiger partial charge in [0.05, 0.1) is 5.56 Å². The molecule has 162 valence electrons. The van der Waals surface area contributed by atoms with Gasteiger partial charge in [0.2, 0.25) is 5.88 Å². The molecule has 0 aliphatic carbocycles. The summed E-state index contributed by atoms with van der Waals surface area (Å²) in [5, 5.41) is 12.2. The van der Waals surface area contributed by atoms with Crippen LogP contribution in [0.1, 0.15) is 11.3 Å². The molecule has 0 bridgehead atoms. The lowest BCUT2D eigenvalue weighted by Crippen LogP contribution is -2.43. The molecule has 1 saturated heterocycles. The van der Waals surface area contributed by atoms with Crippen LogP contribution >= 0.6 is 11.6 Å². The number of alkyl halides is 3. The number of hydrogen-bond donors (Lipinski definition) is 1. The van der Waals surface area contributed by atoms with E-state index >= 15 is 0 Å². The fourth-order valence-corrected chi connectivity index (χ4v) is 3.29. The highest BCUT2D eigenvalue weighted by Gasteiger charge is 2.30. The maximum Gasteiger partial charge on any atom is 0.416 e. The molecule has 0 saturated carbocycles. The first-order valence-corrected chi connectivity index (χ1v) is 10.0. The van der Waals surface area contributed by atoms with E-state index in [2.05, 4.69) is 25.4 Å². The second kappa shape index (κ2) is 9.17. The van der Waals surface area contributed by atoms with Crippen LogP contribution in [0.15, 0.2) is 48.5 Å². The highest BCUT2D eigenvalue weighted by atomic mass is 35.5. The van der Waals surface area contributed by atoms with Gasteiger partial charge in [0.15, 0.2) is 5.82 Å². The molecule has 4 rings (SSSR count). The normalized spacial score (nSPS) is 15.1. The van der Waals surface area contributed by atoms with Gasteiger partial charge < -0.3 is 10.1 Å². The Morgan fingerprint density at radius 3 is 2.48 bits per heavy atom. The van der Waals surface area contributed by atoms with Crippen LogP contribution in [0.3, 0.4) is 0 Å². The van der Waals surface area contributed by atoms with E-state index in [1.54, 1.807) is 24.3 Å². The molecule has 10 heteroatoms. The van der Waals surface area contributed by atoms with Crippen molar-refractivity contribution in [1.29, 1.82) is 0 Å². The number of nitrogens with one attached hydrogen (secondary N) is 1. The Labute approximate surface area is 182 Å². The predicted octanol–water partition coefficient (Wildman–Crippen LogP) is 4.41. The van der Waals surface area contributed by atoms with Crippen LogP contribution in [0.5, 0.6) is 11.6 Å². The Balaban J connectivity index is 1.68. The van der Waals surface area contributed by atoms with E-state index in [1.165, 1.54) is 12.1 Å². The molecule has 2 heterocycles. The number of aromatic nitrogens is 3. The summed E-state index contributed by atoms with van der Waals surface area (Å²) >= 11 is 5.93. The highest BCUT2D eigenvalue weighted by Crippen LogP contribution is 2.32. The summed E-state index contributed by atoms with van der Waals surface area (Å²) < 4.78 is 45.2. The molecule has 2 aromatic carbocycles. The summed E-state index contributed by atoms with van der Waals surface area (Å²) in [6.45, 7) is 3.84. The number of halogens is 4. The van der Waals surface area contributed by atoms with E-state index in [0.717, 1.165) is 38.3 Å². The van der Waals surface area contributed by atoms with E-state index in [9.17, 15) is 13.2 Å². The van der Waals surface area contributed by atoms with Crippen LogP contribution in [-0.4, -0.2) is 46.3 Å². The van der Waals surface area contributed by atoms with Crippen molar-refractivity contribution in [2.24, 2.45) is 0 Å². The second-order valence-corrected chi connectivity index (χ2v) is 7.48. The highest BCUT2D eigenvalue weighted by molar-refractivity contribution is 6.30. The molecule has 1 aliphatic rings. The summed E-state index contributed by atoms with van der Waals surface area (Å²) in [4.78, 5) is 6.59. The van der Waals surface area contributed by atoms with Gasteiger partial charge in [-0.1, -0.05) is 23.7 Å². The molecule has 6 nitrogen and oxygen atoms in total. The first-order chi connectivity index (χ1) is 14.9. The molecular weight excluding hydrogens is 431 g/mol. The Hall–Kier alpha value is -2.75. The van der Waals surface area contributed by atoms with Crippen LogP contribution in [0.25, 0.3) is 11.4 Å². The maximum atomic E-state index is 13.1. The summed E-state index contributed by atoms with van der Waals surface area (Å²) in [5.41, 5.74) is -0.0664. The van der Waals surface area contributed by atoms with Crippen molar-refractivity contribution in [3.63, 3.8) is 0 Å². The minimum Gasteiger partial charge on any atom is -0.437 e. The number of ether oxygens (including phenoxy) is 1. The van der Waals surface area contributed by atoms with Crippen molar-refractivity contribution in [2.45, 2.75) is 12.7 Å². The van der Waals surface area contributed by atoms with Crippen LogP contribution in [0.4, 0.5) is 13.2 Å². The van der Waals surface area contributed by atoms with E-state index in [-0.39, 0.29) is 17.3 Å². The molecule has 0 unspecified atom stereocenters. The fraction of sp³-hybridized carbons (Fsp3) is 0.286. The van der Waals surface area contributed by atoms with Crippen LogP contribution in [0, 0.1) is 0 Å². The lowest BCUT2D eigenvalue weighted by molar-refractivity contribution is -0.137. The minimum absolute atomic E-state index is 0.0547. The third-order valence-corrected chi connectivity index (χ3v) is 5.03. The van der Waals surface area contributed by atoms with Crippen molar-refractivity contribution >= 4 is 11.6 Å². The lowest BCUT2D eigenvalue weighted by atomic mass is 10.1. The van der Waals surface area contributed by atoms with Crippen molar-refractivity contribution in [1.82, 2.24) is 25.4 Å². The van der Waals surface area contributed by atoms with Gasteiger partial charge >= 0.3 is 6.18 Å². The Kier molecular flexibility index (Phi) is 6.35. The van der Waals surface area contributed by atoms with Gasteiger partial charge in [-0.15, -0.1) is 10.2 Å². The molecule has 0 radical (unpaired) electrons. The Morgan fingerprint density at radius 2 is 1.77 bits per heavy atom. The van der Waals surface area contributed by atoms with Crippen molar-refractivity contribution < 1.29 is 17.9 Å². The number of rotatable bonds is 5. The predicted molar refractivity (Wildman–Crippen MR) is 110 cm³/mol. The van der Waals surface area contributed by atoms with E-state index in [1.807, 2.05) is 0 Å². The fourth-order valence-electron chi connectivity index (χ4n) is 3.17. The van der Waals surface area contributed by atoms with Gasteiger partial charge in [-0.2, -0.15) is 18.2 Å². The summed E-state index contributed by atoms with van der Waals surface area (Å²) in [6, 6.07) is 11.5. The molecule has 0 atom stereocenters. The van der Waals surface area contributed by atoms with Crippen molar-refractivity contribution in [3.05, 3.63) is 64.8 Å². The SMILES string of the molecule is FC(F)(F)c1cccc(-c2nnc(CN3CCNCC3)c(Oc3ccc(Cl)cc3)n2)c1. The van der Waals surface area contributed by atoms with Gasteiger partial charge in [-0.05, 0) is 36.4 Å². The molecule has 1 aromatic heterocycles. The van der Waals surface area contributed by atoms with Crippen LogP contribution < -0.4 is 10.1 Å². The maximum absolute atomic E-state index is 13.1. The van der Waals surface area contributed by atoms with E-state index in [0.29, 0.717) is 23.0 Å². The van der Waals surface area contributed by atoms with E-state index in [4.69, 9.17) is 16.3 Å². The molecule has 3 aromatic rings. The van der Waals surface area contributed by atoms with E-state index < -0.39 is 11.7 Å². The third kappa shape index (κ3) is 5.49. The number of nitrogens with zero attached hydrogens (tertiary/aromatic N) is 4. The molecule has 0 amide bonds. The zero-order chi connectivity index (χ0) is 21.8. The number of piperazine rings is 1. The number of hydrogen-bond acceptors (Lipinski definition) is 6. The average molecular weight is 450 g/mol. The minimum atomic E-state index is -4.46. The Bertz CT molecular complexity index is 1040. The summed E-state index contributed by atoms with van der Waals surface area (Å²) in [7, 11) is 0. The zero-order valence-corrected chi connectivity index (χ0v) is 17.1. The van der Waals surface area contributed by atoms with Gasteiger partial charge in [-0.25, -0.2) is 0 Å². The quantitative estimate of drug-likeness (QED) is 0.622. The lowest BCUT2D eigenvalue weighted by Gasteiger charge is -2.26. The van der Waals surface area contributed by atoms with Crippen molar-refractivity contribution in [3.8, 4) is 23.0 Å². The molecular formula is C21H19ClF3N5O. The van der Waals surface area contributed by atoms with Gasteiger partial charge in [0.1, 0.15) is 11.4 Å². The largest absolute Gasteiger partial charge is 0.437 e. The Morgan fingerprint density at radius 1 is 1.03 bits per heavy atom. The first-order valence-electron chi connectivity index (χ1n) is 9.66. The molecule has 1 fully saturated rings. The molecule has 31 heavy (non-hydrogen) atoms. The zero-order valence-electron chi connectivity index (χ0n) is 16.4. The second-order valence-electron chi connectivity index (χ2n) is 7.05. The topological polar surface area (TPSA) is 63.2 Å². The number of benzene rings is 2. The average Bonchev–Trinajstić information content (AvgIpc) is 2.77. The molecule has 0 spiro atoms. The summed E-state index contributed by atoms with van der Waals surface area (Å²) in [5.74, 6) is 0.740. The van der Waals surface area contributed by atoms with Gasteiger partial charge in [-0.3, -0.25) is 4.90 Å². The smallest absolute Gasteiger partial charge is 0.416 e. The summed E-state index contributed by atoms with van der Waals surface area (Å²) in [6.07, 6.45) is -4.46. The monoisotopic (exact) mass is 449 g/mol. The molecule has 1 aliphatic heterocycles.